The van der Waals surface area contributed by atoms with Gasteiger partial charge in [0.15, 0.2) is 0 Å². The SMILES string of the molecule is CCN(CC)c1ccc2cc(C(=O)Nc3ccc(Oc4ccccc4)cc3)c(=O)oc2c1. The number of nitrogens with zero attached hydrogens (tertiary/aromatic N) is 1. The summed E-state index contributed by atoms with van der Waals surface area (Å²) >= 11 is 0. The fourth-order valence-corrected chi connectivity index (χ4v) is 3.47. The molecule has 0 bridgehead atoms. The van der Waals surface area contributed by atoms with Gasteiger partial charge < -0.3 is 19.4 Å². The highest BCUT2D eigenvalue weighted by Crippen LogP contribution is 2.24. The van der Waals surface area contributed by atoms with Gasteiger partial charge in [0.1, 0.15) is 22.6 Å². The number of hydrogen-bond acceptors (Lipinski definition) is 5. The third-order valence-corrected chi connectivity index (χ3v) is 5.18. The molecule has 0 fully saturated rings. The van der Waals surface area contributed by atoms with Gasteiger partial charge in [-0.05, 0) is 68.4 Å². The van der Waals surface area contributed by atoms with Crippen molar-refractivity contribution in [1.82, 2.24) is 0 Å². The highest BCUT2D eigenvalue weighted by molar-refractivity contribution is 6.05. The van der Waals surface area contributed by atoms with E-state index in [0.717, 1.165) is 24.5 Å². The van der Waals surface area contributed by atoms with Crippen LogP contribution >= 0.6 is 0 Å². The standard InChI is InChI=1S/C26H24N2O4/c1-3-28(4-2)20-13-10-18-16-23(26(30)32-24(18)17-20)25(29)27-19-11-14-22(15-12-19)31-21-8-6-5-7-9-21/h5-17H,3-4H2,1-2H3,(H,27,29). The summed E-state index contributed by atoms with van der Waals surface area (Å²) < 4.78 is 11.2. The van der Waals surface area contributed by atoms with Crippen molar-refractivity contribution >= 4 is 28.3 Å². The van der Waals surface area contributed by atoms with Crippen LogP contribution in [0.3, 0.4) is 0 Å². The first-order chi connectivity index (χ1) is 15.6. The fourth-order valence-electron chi connectivity index (χ4n) is 3.47. The highest BCUT2D eigenvalue weighted by Gasteiger charge is 2.15. The van der Waals surface area contributed by atoms with Crippen molar-refractivity contribution in [2.75, 3.05) is 23.3 Å². The van der Waals surface area contributed by atoms with E-state index in [1.54, 1.807) is 30.3 Å². The summed E-state index contributed by atoms with van der Waals surface area (Å²) in [6.07, 6.45) is 0. The van der Waals surface area contributed by atoms with Gasteiger partial charge in [0.2, 0.25) is 0 Å². The Bertz CT molecular complexity index is 1280. The minimum absolute atomic E-state index is 0.0438. The van der Waals surface area contributed by atoms with Gasteiger partial charge in [-0.25, -0.2) is 4.79 Å². The molecular formula is C26H24N2O4. The summed E-state index contributed by atoms with van der Waals surface area (Å²) in [6.45, 7) is 5.83. The van der Waals surface area contributed by atoms with Crippen LogP contribution in [0.5, 0.6) is 11.5 Å². The first-order valence-electron chi connectivity index (χ1n) is 10.5. The molecule has 1 aromatic heterocycles. The van der Waals surface area contributed by atoms with E-state index in [1.807, 2.05) is 48.5 Å². The van der Waals surface area contributed by atoms with Gasteiger partial charge in [0.05, 0.1) is 0 Å². The minimum atomic E-state index is -0.671. The second-order valence-electron chi connectivity index (χ2n) is 7.24. The lowest BCUT2D eigenvalue weighted by molar-refractivity contribution is 0.102. The maximum Gasteiger partial charge on any atom is 0.349 e. The van der Waals surface area contributed by atoms with Crippen molar-refractivity contribution < 1.29 is 13.9 Å². The summed E-state index contributed by atoms with van der Waals surface area (Å²) in [5.74, 6) is 0.843. The van der Waals surface area contributed by atoms with Crippen molar-refractivity contribution in [2.45, 2.75) is 13.8 Å². The van der Waals surface area contributed by atoms with Gasteiger partial charge in [0, 0.05) is 35.9 Å². The van der Waals surface area contributed by atoms with E-state index >= 15 is 0 Å². The molecule has 4 rings (SSSR count). The third kappa shape index (κ3) is 4.64. The number of hydrogen-bond donors (Lipinski definition) is 1. The molecule has 4 aromatic rings. The lowest BCUT2D eigenvalue weighted by Gasteiger charge is -2.21. The van der Waals surface area contributed by atoms with Crippen molar-refractivity contribution in [3.8, 4) is 11.5 Å². The van der Waals surface area contributed by atoms with Crippen LogP contribution in [0.4, 0.5) is 11.4 Å². The Balaban J connectivity index is 1.51. The topological polar surface area (TPSA) is 71.8 Å². The molecule has 0 aliphatic carbocycles. The van der Waals surface area contributed by atoms with Gasteiger partial charge in [-0.2, -0.15) is 0 Å². The summed E-state index contributed by atoms with van der Waals surface area (Å²) in [4.78, 5) is 27.4. The van der Waals surface area contributed by atoms with Gasteiger partial charge in [-0.15, -0.1) is 0 Å². The molecule has 0 aliphatic heterocycles. The van der Waals surface area contributed by atoms with Gasteiger partial charge in [-0.3, -0.25) is 4.79 Å². The molecule has 32 heavy (non-hydrogen) atoms. The molecule has 0 aliphatic rings. The number of nitrogens with one attached hydrogen (secondary N) is 1. The smallest absolute Gasteiger partial charge is 0.349 e. The zero-order valence-corrected chi connectivity index (χ0v) is 18.0. The van der Waals surface area contributed by atoms with Crippen LogP contribution in [0.25, 0.3) is 11.0 Å². The number of amides is 1. The maximum absolute atomic E-state index is 12.7. The Morgan fingerprint density at radius 1 is 0.906 bits per heavy atom. The number of carbonyl (C=O) groups excluding carboxylic acids is 1. The second-order valence-corrected chi connectivity index (χ2v) is 7.24. The summed E-state index contributed by atoms with van der Waals surface area (Å²) in [5.41, 5.74) is 1.26. The van der Waals surface area contributed by atoms with Crippen LogP contribution < -0.4 is 20.6 Å². The van der Waals surface area contributed by atoms with Crippen LogP contribution in [-0.2, 0) is 0 Å². The first-order valence-corrected chi connectivity index (χ1v) is 10.5. The van der Waals surface area contributed by atoms with E-state index in [9.17, 15) is 9.59 Å². The number of carbonyl (C=O) groups is 1. The van der Waals surface area contributed by atoms with Crippen LogP contribution in [0.1, 0.15) is 24.2 Å². The average molecular weight is 428 g/mol. The van der Waals surface area contributed by atoms with Crippen LogP contribution in [-0.4, -0.2) is 19.0 Å². The lowest BCUT2D eigenvalue weighted by Crippen LogP contribution is -2.22. The molecule has 0 saturated carbocycles. The van der Waals surface area contributed by atoms with E-state index in [1.165, 1.54) is 0 Å². The molecule has 0 saturated heterocycles. The first kappa shape index (κ1) is 21.2. The summed E-state index contributed by atoms with van der Waals surface area (Å²) in [7, 11) is 0. The quantitative estimate of drug-likeness (QED) is 0.383. The predicted molar refractivity (Wildman–Crippen MR) is 127 cm³/mol. The van der Waals surface area contributed by atoms with Crippen LogP contribution in [0.15, 0.2) is 88.1 Å². The molecule has 0 radical (unpaired) electrons. The van der Waals surface area contributed by atoms with Gasteiger partial charge >= 0.3 is 5.63 Å². The summed E-state index contributed by atoms with van der Waals surface area (Å²) in [6, 6.07) is 23.6. The molecule has 1 heterocycles. The Labute approximate surface area is 186 Å². The molecule has 0 unspecified atom stereocenters. The monoisotopic (exact) mass is 428 g/mol. The van der Waals surface area contributed by atoms with Crippen LogP contribution in [0.2, 0.25) is 0 Å². The molecule has 0 atom stereocenters. The lowest BCUT2D eigenvalue weighted by atomic mass is 10.1. The molecule has 1 N–H and O–H groups in total. The molecule has 1 amide bonds. The number of anilines is 2. The second kappa shape index (κ2) is 9.39. The van der Waals surface area contributed by atoms with Crippen LogP contribution in [0, 0.1) is 0 Å². The average Bonchev–Trinajstić information content (AvgIpc) is 2.81. The molecule has 3 aromatic carbocycles. The van der Waals surface area contributed by atoms with Crippen molar-refractivity contribution in [3.05, 3.63) is 94.8 Å². The minimum Gasteiger partial charge on any atom is -0.457 e. The zero-order valence-electron chi connectivity index (χ0n) is 18.0. The molecule has 6 heteroatoms. The number of rotatable bonds is 7. The van der Waals surface area contributed by atoms with Gasteiger partial charge in [-0.1, -0.05) is 18.2 Å². The molecular weight excluding hydrogens is 404 g/mol. The van der Waals surface area contributed by atoms with E-state index in [0.29, 0.717) is 22.4 Å². The largest absolute Gasteiger partial charge is 0.457 e. The van der Waals surface area contributed by atoms with E-state index in [2.05, 4.69) is 24.1 Å². The number of para-hydroxylation sites is 1. The van der Waals surface area contributed by atoms with E-state index < -0.39 is 11.5 Å². The van der Waals surface area contributed by atoms with Crippen molar-refractivity contribution in [2.24, 2.45) is 0 Å². The number of benzene rings is 3. The third-order valence-electron chi connectivity index (χ3n) is 5.18. The van der Waals surface area contributed by atoms with E-state index in [4.69, 9.17) is 9.15 Å². The molecule has 6 nitrogen and oxygen atoms in total. The predicted octanol–water partition coefficient (Wildman–Crippen LogP) is 5.68. The molecule has 162 valence electrons. The fraction of sp³-hybridized carbons (Fsp3) is 0.154. The Kier molecular flexibility index (Phi) is 6.22. The normalized spacial score (nSPS) is 10.7. The Morgan fingerprint density at radius 3 is 2.28 bits per heavy atom. The van der Waals surface area contributed by atoms with Gasteiger partial charge in [0.25, 0.3) is 5.91 Å². The van der Waals surface area contributed by atoms with Crippen molar-refractivity contribution in [3.63, 3.8) is 0 Å². The molecule has 0 spiro atoms. The number of ether oxygens (including phenoxy) is 1. The van der Waals surface area contributed by atoms with Crippen molar-refractivity contribution in [1.29, 1.82) is 0 Å². The Morgan fingerprint density at radius 2 is 1.59 bits per heavy atom. The number of fused-ring (bicyclic) bond motifs is 1. The highest BCUT2D eigenvalue weighted by atomic mass is 16.5. The zero-order chi connectivity index (χ0) is 22.5. The van der Waals surface area contributed by atoms with E-state index in [-0.39, 0.29) is 5.56 Å². The summed E-state index contributed by atoms with van der Waals surface area (Å²) in [5, 5.41) is 3.43. The maximum atomic E-state index is 12.7. The Hall–Kier alpha value is -4.06.